The van der Waals surface area contributed by atoms with Crippen molar-refractivity contribution in [2.75, 3.05) is 13.1 Å². The first kappa shape index (κ1) is 10.7. The van der Waals surface area contributed by atoms with Crippen molar-refractivity contribution in [2.45, 2.75) is 38.2 Å². The third-order valence-electron chi connectivity index (χ3n) is 2.95. The standard InChI is InChI=1S/C11H21NO/c1-3-8-12-9-11(13)6-4-10(2)5-7-11/h3,10,12-13H,1,4-9H2,2H3. The van der Waals surface area contributed by atoms with Gasteiger partial charge in [0.05, 0.1) is 5.60 Å². The molecule has 1 aliphatic rings. The largest absolute Gasteiger partial charge is 0.389 e. The Bertz CT molecular complexity index is 159. The maximum absolute atomic E-state index is 10.1. The van der Waals surface area contributed by atoms with E-state index >= 15 is 0 Å². The van der Waals surface area contributed by atoms with E-state index < -0.39 is 5.60 Å². The molecule has 0 amide bonds. The topological polar surface area (TPSA) is 32.3 Å². The van der Waals surface area contributed by atoms with Gasteiger partial charge in [-0.2, -0.15) is 0 Å². The van der Waals surface area contributed by atoms with Gasteiger partial charge in [-0.3, -0.25) is 0 Å². The molecule has 2 heteroatoms. The van der Waals surface area contributed by atoms with Crippen LogP contribution in [0.3, 0.4) is 0 Å². The van der Waals surface area contributed by atoms with Crippen LogP contribution in [0.15, 0.2) is 12.7 Å². The molecule has 0 unspecified atom stereocenters. The van der Waals surface area contributed by atoms with Crippen molar-refractivity contribution < 1.29 is 5.11 Å². The van der Waals surface area contributed by atoms with Crippen molar-refractivity contribution >= 4 is 0 Å². The molecule has 0 radical (unpaired) electrons. The molecule has 0 saturated heterocycles. The Morgan fingerprint density at radius 3 is 2.69 bits per heavy atom. The summed E-state index contributed by atoms with van der Waals surface area (Å²) in [6, 6.07) is 0. The summed E-state index contributed by atoms with van der Waals surface area (Å²) in [6.45, 7) is 7.40. The van der Waals surface area contributed by atoms with E-state index in [0.29, 0.717) is 6.54 Å². The van der Waals surface area contributed by atoms with Gasteiger partial charge in [-0.05, 0) is 31.6 Å². The summed E-state index contributed by atoms with van der Waals surface area (Å²) in [6.07, 6.45) is 6.03. The van der Waals surface area contributed by atoms with Crippen molar-refractivity contribution in [2.24, 2.45) is 5.92 Å². The normalized spacial score (nSPS) is 34.5. The number of nitrogens with one attached hydrogen (secondary N) is 1. The zero-order valence-corrected chi connectivity index (χ0v) is 8.55. The van der Waals surface area contributed by atoms with E-state index in [2.05, 4.69) is 18.8 Å². The van der Waals surface area contributed by atoms with E-state index in [4.69, 9.17) is 0 Å². The quantitative estimate of drug-likeness (QED) is 0.513. The second kappa shape index (κ2) is 4.77. The monoisotopic (exact) mass is 183 g/mol. The second-order valence-electron chi connectivity index (χ2n) is 4.33. The fourth-order valence-electron chi connectivity index (χ4n) is 1.88. The summed E-state index contributed by atoms with van der Waals surface area (Å²) in [5, 5.41) is 13.3. The van der Waals surface area contributed by atoms with Crippen LogP contribution < -0.4 is 5.32 Å². The lowest BCUT2D eigenvalue weighted by Gasteiger charge is -2.35. The molecule has 0 heterocycles. The zero-order chi connectivity index (χ0) is 9.73. The molecule has 0 spiro atoms. The molecule has 1 fully saturated rings. The maximum atomic E-state index is 10.1. The molecular formula is C11H21NO. The second-order valence-corrected chi connectivity index (χ2v) is 4.33. The van der Waals surface area contributed by atoms with Crippen molar-refractivity contribution in [1.82, 2.24) is 5.32 Å². The number of hydrogen-bond acceptors (Lipinski definition) is 2. The van der Waals surface area contributed by atoms with E-state index in [-0.39, 0.29) is 0 Å². The van der Waals surface area contributed by atoms with Crippen molar-refractivity contribution in [3.05, 3.63) is 12.7 Å². The molecule has 2 nitrogen and oxygen atoms in total. The number of rotatable bonds is 4. The summed E-state index contributed by atoms with van der Waals surface area (Å²) < 4.78 is 0. The smallest absolute Gasteiger partial charge is 0.0771 e. The van der Waals surface area contributed by atoms with E-state index in [9.17, 15) is 5.11 Å². The first-order valence-electron chi connectivity index (χ1n) is 5.20. The Morgan fingerprint density at radius 2 is 2.15 bits per heavy atom. The van der Waals surface area contributed by atoms with Crippen LogP contribution in [0.25, 0.3) is 0 Å². The average molecular weight is 183 g/mol. The predicted molar refractivity (Wildman–Crippen MR) is 55.6 cm³/mol. The summed E-state index contributed by atoms with van der Waals surface area (Å²) in [5.74, 6) is 0.791. The fourth-order valence-corrected chi connectivity index (χ4v) is 1.88. The lowest BCUT2D eigenvalue weighted by atomic mass is 9.79. The van der Waals surface area contributed by atoms with Gasteiger partial charge in [-0.15, -0.1) is 6.58 Å². The van der Waals surface area contributed by atoms with Crippen LogP contribution in [0.1, 0.15) is 32.6 Å². The minimum atomic E-state index is -0.449. The molecule has 0 atom stereocenters. The minimum absolute atomic E-state index is 0.449. The molecule has 76 valence electrons. The minimum Gasteiger partial charge on any atom is -0.389 e. The highest BCUT2D eigenvalue weighted by Gasteiger charge is 2.30. The highest BCUT2D eigenvalue weighted by molar-refractivity contribution is 4.87. The van der Waals surface area contributed by atoms with E-state index in [0.717, 1.165) is 38.1 Å². The van der Waals surface area contributed by atoms with Gasteiger partial charge in [0.25, 0.3) is 0 Å². The van der Waals surface area contributed by atoms with Gasteiger partial charge in [0.2, 0.25) is 0 Å². The van der Waals surface area contributed by atoms with E-state index in [1.165, 1.54) is 0 Å². The highest BCUT2D eigenvalue weighted by atomic mass is 16.3. The first-order valence-corrected chi connectivity index (χ1v) is 5.20. The molecule has 1 saturated carbocycles. The Kier molecular flexibility index (Phi) is 3.94. The van der Waals surface area contributed by atoms with Gasteiger partial charge >= 0.3 is 0 Å². The van der Waals surface area contributed by atoms with Crippen LogP contribution in [0.2, 0.25) is 0 Å². The van der Waals surface area contributed by atoms with Crippen molar-refractivity contribution in [1.29, 1.82) is 0 Å². The Labute approximate surface area is 81.0 Å². The molecular weight excluding hydrogens is 162 g/mol. The summed E-state index contributed by atoms with van der Waals surface area (Å²) in [7, 11) is 0. The molecule has 0 aliphatic heterocycles. The lowest BCUT2D eigenvalue weighted by molar-refractivity contribution is -0.00529. The van der Waals surface area contributed by atoms with Gasteiger partial charge in [0, 0.05) is 13.1 Å². The number of aliphatic hydroxyl groups is 1. The van der Waals surface area contributed by atoms with Gasteiger partial charge in [0.15, 0.2) is 0 Å². The summed E-state index contributed by atoms with van der Waals surface area (Å²) >= 11 is 0. The molecule has 0 aromatic rings. The third-order valence-corrected chi connectivity index (χ3v) is 2.95. The van der Waals surface area contributed by atoms with Gasteiger partial charge < -0.3 is 10.4 Å². The molecule has 0 bridgehead atoms. The van der Waals surface area contributed by atoms with Crippen LogP contribution in [-0.2, 0) is 0 Å². The van der Waals surface area contributed by atoms with Crippen LogP contribution in [-0.4, -0.2) is 23.8 Å². The zero-order valence-electron chi connectivity index (χ0n) is 8.55. The Balaban J connectivity index is 2.25. The van der Waals surface area contributed by atoms with Gasteiger partial charge in [-0.25, -0.2) is 0 Å². The number of hydrogen-bond donors (Lipinski definition) is 2. The van der Waals surface area contributed by atoms with Crippen LogP contribution in [0.4, 0.5) is 0 Å². The van der Waals surface area contributed by atoms with Gasteiger partial charge in [-0.1, -0.05) is 13.0 Å². The first-order chi connectivity index (χ1) is 6.16. The van der Waals surface area contributed by atoms with Crippen LogP contribution in [0.5, 0.6) is 0 Å². The highest BCUT2D eigenvalue weighted by Crippen LogP contribution is 2.31. The molecule has 1 rings (SSSR count). The Hall–Kier alpha value is -0.340. The average Bonchev–Trinajstić information content (AvgIpc) is 2.12. The predicted octanol–water partition coefficient (Wildman–Crippen LogP) is 1.70. The molecule has 13 heavy (non-hydrogen) atoms. The van der Waals surface area contributed by atoms with Crippen molar-refractivity contribution in [3.8, 4) is 0 Å². The summed E-state index contributed by atoms with van der Waals surface area (Å²) in [5.41, 5.74) is -0.449. The van der Waals surface area contributed by atoms with E-state index in [1.807, 2.05) is 6.08 Å². The van der Waals surface area contributed by atoms with E-state index in [1.54, 1.807) is 0 Å². The SMILES string of the molecule is C=CCNCC1(O)CCC(C)CC1. The van der Waals surface area contributed by atoms with Gasteiger partial charge in [0.1, 0.15) is 0 Å². The third kappa shape index (κ3) is 3.49. The fraction of sp³-hybridized carbons (Fsp3) is 0.818. The Morgan fingerprint density at radius 1 is 1.54 bits per heavy atom. The van der Waals surface area contributed by atoms with Crippen molar-refractivity contribution in [3.63, 3.8) is 0 Å². The van der Waals surface area contributed by atoms with Crippen LogP contribution in [0, 0.1) is 5.92 Å². The lowest BCUT2D eigenvalue weighted by Crippen LogP contribution is -2.43. The summed E-state index contributed by atoms with van der Waals surface area (Å²) in [4.78, 5) is 0. The molecule has 2 N–H and O–H groups in total. The maximum Gasteiger partial charge on any atom is 0.0771 e. The molecule has 1 aliphatic carbocycles. The van der Waals surface area contributed by atoms with Crippen LogP contribution >= 0.6 is 0 Å². The molecule has 0 aromatic carbocycles. The molecule has 0 aromatic heterocycles.